The summed E-state index contributed by atoms with van der Waals surface area (Å²) < 4.78 is 24.3. The third-order valence-electron chi connectivity index (χ3n) is 1.96. The van der Waals surface area contributed by atoms with Crippen LogP contribution in [0.15, 0.2) is 0 Å². The summed E-state index contributed by atoms with van der Waals surface area (Å²) in [5.41, 5.74) is 0. The Morgan fingerprint density at radius 2 is 1.05 bits per heavy atom. The third kappa shape index (κ3) is 14.7. The summed E-state index contributed by atoms with van der Waals surface area (Å²) in [6, 6.07) is 0. The van der Waals surface area contributed by atoms with Crippen LogP contribution in [-0.4, -0.2) is 52.0 Å². The standard InChI is InChI=1S/C14H26O7/c1-11(2)9-20-13(15)18-7-5-17-6-8-19-14(16)21-10-12(3)4/h11-12H,5-10H2,1-4H3. The lowest BCUT2D eigenvalue weighted by Gasteiger charge is -2.09. The van der Waals surface area contributed by atoms with Gasteiger partial charge in [-0.3, -0.25) is 0 Å². The monoisotopic (exact) mass is 306 g/mol. The Morgan fingerprint density at radius 1 is 0.667 bits per heavy atom. The van der Waals surface area contributed by atoms with Gasteiger partial charge >= 0.3 is 12.3 Å². The molecule has 0 saturated carbocycles. The predicted molar refractivity (Wildman–Crippen MR) is 75.1 cm³/mol. The Hall–Kier alpha value is -1.50. The van der Waals surface area contributed by atoms with Crippen molar-refractivity contribution in [1.82, 2.24) is 0 Å². The zero-order valence-corrected chi connectivity index (χ0v) is 13.3. The molecule has 0 unspecified atom stereocenters. The van der Waals surface area contributed by atoms with E-state index in [-0.39, 0.29) is 38.3 Å². The molecule has 0 aliphatic heterocycles. The molecular weight excluding hydrogens is 280 g/mol. The van der Waals surface area contributed by atoms with E-state index in [2.05, 4.69) is 0 Å². The molecule has 124 valence electrons. The van der Waals surface area contributed by atoms with Crippen LogP contribution in [0.1, 0.15) is 27.7 Å². The number of hydrogen-bond donors (Lipinski definition) is 0. The van der Waals surface area contributed by atoms with Gasteiger partial charge in [0.25, 0.3) is 0 Å². The Bertz CT molecular complexity index is 261. The SMILES string of the molecule is CC(C)COC(=O)OCCOCCOC(=O)OCC(C)C. The van der Waals surface area contributed by atoms with Gasteiger partial charge in [0.15, 0.2) is 0 Å². The van der Waals surface area contributed by atoms with Crippen LogP contribution in [0.4, 0.5) is 9.59 Å². The first-order valence-corrected chi connectivity index (χ1v) is 7.08. The van der Waals surface area contributed by atoms with Gasteiger partial charge in [-0.1, -0.05) is 27.7 Å². The maximum absolute atomic E-state index is 11.1. The summed E-state index contributed by atoms with van der Waals surface area (Å²) in [7, 11) is 0. The van der Waals surface area contributed by atoms with Crippen molar-refractivity contribution in [2.75, 3.05) is 39.6 Å². The lowest BCUT2D eigenvalue weighted by atomic mass is 10.2. The number of carbonyl (C=O) groups is 2. The van der Waals surface area contributed by atoms with Crippen LogP contribution >= 0.6 is 0 Å². The van der Waals surface area contributed by atoms with Gasteiger partial charge in [0.1, 0.15) is 13.2 Å². The zero-order chi connectivity index (χ0) is 16.1. The molecule has 0 fully saturated rings. The Kier molecular flexibility index (Phi) is 11.4. The normalized spacial score (nSPS) is 10.6. The van der Waals surface area contributed by atoms with Gasteiger partial charge in [-0.2, -0.15) is 0 Å². The third-order valence-corrected chi connectivity index (χ3v) is 1.96. The summed E-state index contributed by atoms with van der Waals surface area (Å²) in [6.07, 6.45) is -1.42. The van der Waals surface area contributed by atoms with E-state index in [1.807, 2.05) is 27.7 Å². The highest BCUT2D eigenvalue weighted by molar-refractivity contribution is 5.60. The van der Waals surface area contributed by atoms with Crippen LogP contribution in [0.3, 0.4) is 0 Å². The minimum absolute atomic E-state index is 0.0920. The largest absolute Gasteiger partial charge is 0.508 e. The lowest BCUT2D eigenvalue weighted by Crippen LogP contribution is -2.17. The van der Waals surface area contributed by atoms with Gasteiger partial charge in [0.2, 0.25) is 0 Å². The Labute approximate surface area is 125 Å². The van der Waals surface area contributed by atoms with E-state index in [0.717, 1.165) is 0 Å². The van der Waals surface area contributed by atoms with Crippen LogP contribution in [-0.2, 0) is 23.7 Å². The Morgan fingerprint density at radius 3 is 1.38 bits per heavy atom. The van der Waals surface area contributed by atoms with Crippen LogP contribution in [0.25, 0.3) is 0 Å². The summed E-state index contributed by atoms with van der Waals surface area (Å²) in [4.78, 5) is 22.1. The van der Waals surface area contributed by atoms with Crippen molar-refractivity contribution in [3.8, 4) is 0 Å². The molecule has 0 bridgehead atoms. The second-order valence-corrected chi connectivity index (χ2v) is 5.22. The minimum Gasteiger partial charge on any atom is -0.434 e. The van der Waals surface area contributed by atoms with Crippen molar-refractivity contribution >= 4 is 12.3 Å². The molecule has 7 heteroatoms. The molecule has 0 rings (SSSR count). The quantitative estimate of drug-likeness (QED) is 0.453. The smallest absolute Gasteiger partial charge is 0.434 e. The molecule has 0 aromatic rings. The molecule has 0 saturated heterocycles. The molecule has 0 N–H and O–H groups in total. The summed E-state index contributed by atoms with van der Waals surface area (Å²) in [5, 5.41) is 0. The lowest BCUT2D eigenvalue weighted by molar-refractivity contribution is 0.00249. The fourth-order valence-corrected chi connectivity index (χ4v) is 1.02. The van der Waals surface area contributed by atoms with Gasteiger partial charge in [0.05, 0.1) is 26.4 Å². The number of carbonyl (C=O) groups excluding carboxylic acids is 2. The fourth-order valence-electron chi connectivity index (χ4n) is 1.02. The van der Waals surface area contributed by atoms with Crippen molar-refractivity contribution < 1.29 is 33.3 Å². The van der Waals surface area contributed by atoms with E-state index in [4.69, 9.17) is 23.7 Å². The van der Waals surface area contributed by atoms with Gasteiger partial charge < -0.3 is 23.7 Å². The molecule has 0 heterocycles. The van der Waals surface area contributed by atoms with Crippen LogP contribution in [0.5, 0.6) is 0 Å². The molecular formula is C14H26O7. The van der Waals surface area contributed by atoms with Gasteiger partial charge in [-0.05, 0) is 11.8 Å². The number of ether oxygens (including phenoxy) is 5. The van der Waals surface area contributed by atoms with Crippen molar-refractivity contribution in [2.24, 2.45) is 11.8 Å². The molecule has 0 atom stereocenters. The van der Waals surface area contributed by atoms with E-state index in [9.17, 15) is 9.59 Å². The first-order valence-electron chi connectivity index (χ1n) is 7.08. The number of rotatable bonds is 10. The molecule has 0 aliphatic carbocycles. The van der Waals surface area contributed by atoms with Crippen LogP contribution in [0.2, 0.25) is 0 Å². The molecule has 0 aromatic carbocycles. The second kappa shape index (κ2) is 12.3. The molecule has 0 radical (unpaired) electrons. The van der Waals surface area contributed by atoms with Crippen LogP contribution in [0, 0.1) is 11.8 Å². The van der Waals surface area contributed by atoms with Gasteiger partial charge in [0, 0.05) is 0 Å². The van der Waals surface area contributed by atoms with Crippen molar-refractivity contribution in [2.45, 2.75) is 27.7 Å². The summed E-state index contributed by atoms with van der Waals surface area (Å²) in [6.45, 7) is 8.99. The summed E-state index contributed by atoms with van der Waals surface area (Å²) in [5.74, 6) is 0.530. The molecule has 0 amide bonds. The zero-order valence-electron chi connectivity index (χ0n) is 13.3. The van der Waals surface area contributed by atoms with Crippen molar-refractivity contribution in [3.63, 3.8) is 0 Å². The molecule has 7 nitrogen and oxygen atoms in total. The first kappa shape index (κ1) is 19.5. The minimum atomic E-state index is -0.708. The van der Waals surface area contributed by atoms with E-state index in [1.54, 1.807) is 0 Å². The topological polar surface area (TPSA) is 80.3 Å². The molecule has 0 aliphatic rings. The molecule has 21 heavy (non-hydrogen) atoms. The average Bonchev–Trinajstić information content (AvgIpc) is 2.41. The van der Waals surface area contributed by atoms with Gasteiger partial charge in [-0.25, -0.2) is 9.59 Å². The Balaban J connectivity index is 3.32. The average molecular weight is 306 g/mol. The van der Waals surface area contributed by atoms with Crippen molar-refractivity contribution in [3.05, 3.63) is 0 Å². The first-order chi connectivity index (χ1) is 9.91. The summed E-state index contributed by atoms with van der Waals surface area (Å²) >= 11 is 0. The van der Waals surface area contributed by atoms with E-state index < -0.39 is 12.3 Å². The molecule has 0 spiro atoms. The predicted octanol–water partition coefficient (Wildman–Crippen LogP) is 2.62. The second-order valence-electron chi connectivity index (χ2n) is 5.22. The number of hydrogen-bond acceptors (Lipinski definition) is 7. The fraction of sp³-hybridized carbons (Fsp3) is 0.857. The molecule has 0 aromatic heterocycles. The van der Waals surface area contributed by atoms with E-state index in [1.165, 1.54) is 0 Å². The van der Waals surface area contributed by atoms with E-state index >= 15 is 0 Å². The maximum atomic E-state index is 11.1. The van der Waals surface area contributed by atoms with Crippen LogP contribution < -0.4 is 0 Å². The highest BCUT2D eigenvalue weighted by atomic mass is 16.7. The maximum Gasteiger partial charge on any atom is 0.508 e. The highest BCUT2D eigenvalue weighted by Gasteiger charge is 2.06. The van der Waals surface area contributed by atoms with Crippen molar-refractivity contribution in [1.29, 1.82) is 0 Å². The van der Waals surface area contributed by atoms with E-state index in [0.29, 0.717) is 13.2 Å². The van der Waals surface area contributed by atoms with Gasteiger partial charge in [-0.15, -0.1) is 0 Å². The highest BCUT2D eigenvalue weighted by Crippen LogP contribution is 1.96.